The molecule has 2 aromatic heterocycles. The molecule has 0 radical (unpaired) electrons. The summed E-state index contributed by atoms with van der Waals surface area (Å²) in [6.07, 6.45) is 8.28. The van der Waals surface area contributed by atoms with E-state index < -0.39 is 5.91 Å². The molecule has 2 rings (SSSR count). The minimum atomic E-state index is -0.413. The molecule has 0 bridgehead atoms. The van der Waals surface area contributed by atoms with E-state index in [0.717, 1.165) is 17.8 Å². The van der Waals surface area contributed by atoms with Gasteiger partial charge in [-0.25, -0.2) is 5.10 Å². The standard InChI is InChI=1S/C15H21N5O2S/c1-2-3-4-5-6-7-8-13-19-20-15(23-13)16-14(22)11-9-10-12(21)18-17-11/h9-10H,2-8H2,1H3,(H,18,21)(H,16,20,22). The van der Waals surface area contributed by atoms with Gasteiger partial charge < -0.3 is 0 Å². The zero-order chi connectivity index (χ0) is 16.5. The number of hydrogen-bond donors (Lipinski definition) is 2. The summed E-state index contributed by atoms with van der Waals surface area (Å²) in [7, 11) is 0. The normalized spacial score (nSPS) is 10.7. The molecule has 2 aromatic rings. The summed E-state index contributed by atoms with van der Waals surface area (Å²) in [6, 6.07) is 2.62. The van der Waals surface area contributed by atoms with E-state index in [0.29, 0.717) is 5.13 Å². The van der Waals surface area contributed by atoms with Crippen LogP contribution in [0.15, 0.2) is 16.9 Å². The Labute approximate surface area is 138 Å². The van der Waals surface area contributed by atoms with Crippen LogP contribution < -0.4 is 10.9 Å². The number of anilines is 1. The molecule has 0 aliphatic rings. The van der Waals surface area contributed by atoms with Gasteiger partial charge in [-0.2, -0.15) is 5.10 Å². The molecule has 0 saturated heterocycles. The number of carbonyl (C=O) groups excluding carboxylic acids is 1. The number of aromatic nitrogens is 4. The molecule has 0 atom stereocenters. The number of amides is 1. The van der Waals surface area contributed by atoms with Gasteiger partial charge in [-0.15, -0.1) is 10.2 Å². The van der Waals surface area contributed by atoms with E-state index in [1.807, 2.05) is 0 Å². The van der Waals surface area contributed by atoms with Gasteiger partial charge in [0.05, 0.1) is 0 Å². The van der Waals surface area contributed by atoms with Crippen LogP contribution in [0.1, 0.15) is 60.9 Å². The highest BCUT2D eigenvalue weighted by atomic mass is 32.1. The molecule has 23 heavy (non-hydrogen) atoms. The Balaban J connectivity index is 1.77. The molecule has 0 fully saturated rings. The zero-order valence-electron chi connectivity index (χ0n) is 13.2. The molecule has 0 aromatic carbocycles. The lowest BCUT2D eigenvalue weighted by atomic mass is 10.1. The third-order valence-corrected chi connectivity index (χ3v) is 4.24. The quantitative estimate of drug-likeness (QED) is 0.686. The van der Waals surface area contributed by atoms with Crippen LogP contribution in [0.3, 0.4) is 0 Å². The maximum atomic E-state index is 11.9. The average Bonchev–Trinajstić information content (AvgIpc) is 2.98. The van der Waals surface area contributed by atoms with Crippen LogP contribution in [0.4, 0.5) is 5.13 Å². The summed E-state index contributed by atoms with van der Waals surface area (Å²) in [5, 5.41) is 18.0. The van der Waals surface area contributed by atoms with Gasteiger partial charge >= 0.3 is 0 Å². The number of H-pyrrole nitrogens is 1. The Morgan fingerprint density at radius 3 is 2.70 bits per heavy atom. The number of carbonyl (C=O) groups is 1. The van der Waals surface area contributed by atoms with Crippen LogP contribution in [-0.2, 0) is 6.42 Å². The van der Waals surface area contributed by atoms with Crippen LogP contribution in [0.2, 0.25) is 0 Å². The lowest BCUT2D eigenvalue weighted by Crippen LogP contribution is -2.17. The van der Waals surface area contributed by atoms with Gasteiger partial charge in [0.2, 0.25) is 5.13 Å². The van der Waals surface area contributed by atoms with Gasteiger partial charge in [-0.1, -0.05) is 50.4 Å². The second-order valence-corrected chi connectivity index (χ2v) is 6.34. The molecule has 0 aliphatic carbocycles. The number of rotatable bonds is 9. The maximum Gasteiger partial charge on any atom is 0.277 e. The Morgan fingerprint density at radius 2 is 1.96 bits per heavy atom. The van der Waals surface area contributed by atoms with E-state index in [4.69, 9.17) is 0 Å². The smallest absolute Gasteiger partial charge is 0.277 e. The minimum Gasteiger partial charge on any atom is -0.295 e. The highest BCUT2D eigenvalue weighted by molar-refractivity contribution is 7.15. The molecule has 0 aliphatic heterocycles. The van der Waals surface area contributed by atoms with Crippen LogP contribution in [0.25, 0.3) is 0 Å². The van der Waals surface area contributed by atoms with Crippen molar-refractivity contribution in [1.29, 1.82) is 0 Å². The topological polar surface area (TPSA) is 101 Å². The van der Waals surface area contributed by atoms with E-state index in [1.165, 1.54) is 55.6 Å². The minimum absolute atomic E-state index is 0.136. The lowest BCUT2D eigenvalue weighted by molar-refractivity contribution is 0.102. The van der Waals surface area contributed by atoms with Crippen molar-refractivity contribution >= 4 is 22.4 Å². The third-order valence-electron chi connectivity index (χ3n) is 3.34. The predicted molar refractivity (Wildman–Crippen MR) is 89.8 cm³/mol. The summed E-state index contributed by atoms with van der Waals surface area (Å²) in [5.41, 5.74) is -0.212. The molecular formula is C15H21N5O2S. The van der Waals surface area contributed by atoms with Crippen LogP contribution in [0, 0.1) is 0 Å². The average molecular weight is 335 g/mol. The van der Waals surface area contributed by atoms with Gasteiger partial charge in [-0.3, -0.25) is 14.9 Å². The molecule has 2 heterocycles. The summed E-state index contributed by atoms with van der Waals surface area (Å²) in [5.74, 6) is -0.413. The van der Waals surface area contributed by atoms with Crippen LogP contribution in [0.5, 0.6) is 0 Å². The van der Waals surface area contributed by atoms with Crippen molar-refractivity contribution < 1.29 is 4.79 Å². The van der Waals surface area contributed by atoms with Crippen molar-refractivity contribution in [1.82, 2.24) is 20.4 Å². The van der Waals surface area contributed by atoms with Crippen molar-refractivity contribution in [2.75, 3.05) is 5.32 Å². The summed E-state index contributed by atoms with van der Waals surface area (Å²) in [6.45, 7) is 2.21. The molecule has 2 N–H and O–H groups in total. The fraction of sp³-hybridized carbons (Fsp3) is 0.533. The Kier molecular flexibility index (Phi) is 6.86. The van der Waals surface area contributed by atoms with Crippen molar-refractivity contribution in [2.45, 2.75) is 51.9 Å². The number of nitrogens with one attached hydrogen (secondary N) is 2. The molecule has 0 unspecified atom stereocenters. The number of aromatic amines is 1. The summed E-state index contributed by atoms with van der Waals surface area (Å²) in [4.78, 5) is 22.9. The molecule has 8 heteroatoms. The van der Waals surface area contributed by atoms with Gasteiger partial charge in [0, 0.05) is 12.5 Å². The molecule has 0 saturated carbocycles. The summed E-state index contributed by atoms with van der Waals surface area (Å²) >= 11 is 1.37. The fourth-order valence-corrected chi connectivity index (χ4v) is 2.87. The van der Waals surface area contributed by atoms with E-state index in [1.54, 1.807) is 0 Å². The van der Waals surface area contributed by atoms with Crippen molar-refractivity contribution in [3.8, 4) is 0 Å². The first kappa shape index (κ1) is 17.3. The van der Waals surface area contributed by atoms with Gasteiger partial charge in [0.25, 0.3) is 11.5 Å². The van der Waals surface area contributed by atoms with Crippen LogP contribution >= 0.6 is 11.3 Å². The number of hydrogen-bond acceptors (Lipinski definition) is 6. The van der Waals surface area contributed by atoms with Crippen molar-refractivity contribution in [3.63, 3.8) is 0 Å². The Hall–Kier alpha value is -2.09. The SMILES string of the molecule is CCCCCCCCc1nnc(NC(=O)c2ccc(=O)[nH]n2)s1. The Morgan fingerprint density at radius 1 is 1.17 bits per heavy atom. The van der Waals surface area contributed by atoms with E-state index >= 15 is 0 Å². The van der Waals surface area contributed by atoms with Crippen molar-refractivity contribution in [2.24, 2.45) is 0 Å². The molecule has 124 valence electrons. The predicted octanol–water partition coefficient (Wildman–Crippen LogP) is 2.78. The monoisotopic (exact) mass is 335 g/mol. The highest BCUT2D eigenvalue weighted by Gasteiger charge is 2.11. The lowest BCUT2D eigenvalue weighted by Gasteiger charge is -1.99. The second kappa shape index (κ2) is 9.14. The van der Waals surface area contributed by atoms with E-state index in [-0.39, 0.29) is 11.3 Å². The van der Waals surface area contributed by atoms with Gasteiger partial charge in [-0.05, 0) is 12.5 Å². The molecule has 7 nitrogen and oxygen atoms in total. The van der Waals surface area contributed by atoms with E-state index in [9.17, 15) is 9.59 Å². The number of unbranched alkanes of at least 4 members (excludes halogenated alkanes) is 5. The molecular weight excluding hydrogens is 314 g/mol. The first-order valence-electron chi connectivity index (χ1n) is 7.88. The molecule has 1 amide bonds. The molecule has 0 spiro atoms. The number of nitrogens with zero attached hydrogens (tertiary/aromatic N) is 3. The largest absolute Gasteiger partial charge is 0.295 e. The fourth-order valence-electron chi connectivity index (χ4n) is 2.09. The first-order chi connectivity index (χ1) is 11.2. The van der Waals surface area contributed by atoms with Gasteiger partial charge in [0.15, 0.2) is 0 Å². The van der Waals surface area contributed by atoms with Crippen molar-refractivity contribution in [3.05, 3.63) is 33.2 Å². The van der Waals surface area contributed by atoms with E-state index in [2.05, 4.69) is 32.6 Å². The highest BCUT2D eigenvalue weighted by Crippen LogP contribution is 2.18. The first-order valence-corrected chi connectivity index (χ1v) is 8.70. The van der Waals surface area contributed by atoms with Gasteiger partial charge in [0.1, 0.15) is 10.7 Å². The third kappa shape index (κ3) is 5.90. The Bertz CT molecular complexity index is 662. The number of aryl methyl sites for hydroxylation is 1. The summed E-state index contributed by atoms with van der Waals surface area (Å²) < 4.78 is 0. The maximum absolute atomic E-state index is 11.9. The zero-order valence-corrected chi connectivity index (χ0v) is 14.0. The van der Waals surface area contributed by atoms with Crippen LogP contribution in [-0.4, -0.2) is 26.3 Å². The second-order valence-electron chi connectivity index (χ2n) is 5.28.